The predicted molar refractivity (Wildman–Crippen MR) is 75.3 cm³/mol. The molecule has 1 aromatic rings. The van der Waals surface area contributed by atoms with Crippen LogP contribution in [0.1, 0.15) is 32.4 Å². The Balaban J connectivity index is 3.04. The van der Waals surface area contributed by atoms with Gasteiger partial charge in [0.05, 0.1) is 6.54 Å². The third-order valence-corrected chi connectivity index (χ3v) is 3.43. The molecule has 1 amide bonds. The topological polar surface area (TPSA) is 66.6 Å². The second-order valence-corrected chi connectivity index (χ2v) is 5.53. The summed E-state index contributed by atoms with van der Waals surface area (Å²) in [4.78, 5) is 13.1. The number of primary amides is 1. The van der Waals surface area contributed by atoms with Crippen molar-refractivity contribution in [3.8, 4) is 5.75 Å². The zero-order valence-electron chi connectivity index (χ0n) is 10.9. The first-order valence-electron chi connectivity index (χ1n) is 5.85. The third-order valence-electron chi connectivity index (χ3n) is 2.94. The lowest BCUT2D eigenvalue weighted by atomic mass is 10.0. The summed E-state index contributed by atoms with van der Waals surface area (Å²) in [6.07, 6.45) is 0. The average molecular weight is 315 g/mol. The molecule has 0 spiro atoms. The monoisotopic (exact) mass is 314 g/mol. The highest BCUT2D eigenvalue weighted by atomic mass is 79.9. The highest BCUT2D eigenvalue weighted by Crippen LogP contribution is 2.31. The van der Waals surface area contributed by atoms with Gasteiger partial charge in [0.15, 0.2) is 0 Å². The number of hydrogen-bond donors (Lipinski definition) is 2. The summed E-state index contributed by atoms with van der Waals surface area (Å²) in [7, 11) is 0. The first-order chi connectivity index (χ1) is 8.32. The Morgan fingerprint density at radius 3 is 2.56 bits per heavy atom. The van der Waals surface area contributed by atoms with Gasteiger partial charge in [-0.15, -0.1) is 0 Å². The number of carbonyl (C=O) groups excluding carboxylic acids is 1. The molecule has 0 bridgehead atoms. The Bertz CT molecular complexity index is 435. The molecule has 1 aromatic carbocycles. The van der Waals surface area contributed by atoms with Crippen LogP contribution in [-0.4, -0.2) is 28.5 Å². The predicted octanol–water partition coefficient (Wildman–Crippen LogP) is 2.41. The molecule has 5 heteroatoms. The number of amides is 1. The quantitative estimate of drug-likeness (QED) is 0.877. The van der Waals surface area contributed by atoms with Crippen LogP contribution in [0, 0.1) is 0 Å². The van der Waals surface area contributed by atoms with Crippen LogP contribution < -0.4 is 5.73 Å². The number of nitrogens with two attached hydrogens (primary N) is 1. The molecule has 1 atom stereocenters. The van der Waals surface area contributed by atoms with Crippen LogP contribution in [0.25, 0.3) is 0 Å². The molecule has 0 aromatic heterocycles. The van der Waals surface area contributed by atoms with Crippen LogP contribution in [-0.2, 0) is 4.79 Å². The van der Waals surface area contributed by atoms with E-state index in [1.54, 1.807) is 12.1 Å². The molecule has 0 fully saturated rings. The SMILES string of the molecule is CC(C)N(CC(N)=O)C(C)c1cc(Br)ccc1O. The molecule has 0 saturated carbocycles. The number of benzene rings is 1. The smallest absolute Gasteiger partial charge is 0.231 e. The van der Waals surface area contributed by atoms with Crippen LogP contribution >= 0.6 is 15.9 Å². The highest BCUT2D eigenvalue weighted by Gasteiger charge is 2.22. The molecular formula is C13H19BrN2O2. The van der Waals surface area contributed by atoms with Gasteiger partial charge in [-0.25, -0.2) is 0 Å². The molecule has 0 aliphatic carbocycles. The fourth-order valence-corrected chi connectivity index (χ4v) is 2.36. The van der Waals surface area contributed by atoms with Crippen LogP contribution in [0.2, 0.25) is 0 Å². The Kier molecular flexibility index (Phi) is 5.16. The summed E-state index contributed by atoms with van der Waals surface area (Å²) in [6, 6.07) is 5.34. The molecule has 0 aliphatic heterocycles. The van der Waals surface area contributed by atoms with Gasteiger partial charge in [0.2, 0.25) is 5.91 Å². The maximum absolute atomic E-state index is 11.1. The van der Waals surface area contributed by atoms with Crippen molar-refractivity contribution < 1.29 is 9.90 Å². The zero-order valence-corrected chi connectivity index (χ0v) is 12.4. The molecule has 0 heterocycles. The Morgan fingerprint density at radius 2 is 2.06 bits per heavy atom. The lowest BCUT2D eigenvalue weighted by Gasteiger charge is -2.32. The fraction of sp³-hybridized carbons (Fsp3) is 0.462. The summed E-state index contributed by atoms with van der Waals surface area (Å²) < 4.78 is 0.893. The Hall–Kier alpha value is -1.07. The van der Waals surface area contributed by atoms with Crippen molar-refractivity contribution in [3.63, 3.8) is 0 Å². The van der Waals surface area contributed by atoms with Gasteiger partial charge in [-0.05, 0) is 39.0 Å². The molecule has 1 rings (SSSR count). The number of nitrogens with zero attached hydrogens (tertiary/aromatic N) is 1. The minimum absolute atomic E-state index is 0.0880. The molecule has 0 saturated heterocycles. The van der Waals surface area contributed by atoms with Crippen molar-refractivity contribution >= 4 is 21.8 Å². The van der Waals surface area contributed by atoms with Gasteiger partial charge in [0.1, 0.15) is 5.75 Å². The van der Waals surface area contributed by atoms with Gasteiger partial charge in [-0.3, -0.25) is 9.69 Å². The lowest BCUT2D eigenvalue weighted by Crippen LogP contribution is -2.40. The first kappa shape index (κ1) is 15.0. The van der Waals surface area contributed by atoms with E-state index < -0.39 is 0 Å². The van der Waals surface area contributed by atoms with Gasteiger partial charge in [0.25, 0.3) is 0 Å². The van der Waals surface area contributed by atoms with Crippen molar-refractivity contribution in [1.82, 2.24) is 4.90 Å². The molecule has 0 aliphatic rings. The minimum Gasteiger partial charge on any atom is -0.508 e. The highest BCUT2D eigenvalue weighted by molar-refractivity contribution is 9.10. The maximum atomic E-state index is 11.1. The van der Waals surface area contributed by atoms with Gasteiger partial charge in [-0.1, -0.05) is 15.9 Å². The summed E-state index contributed by atoms with van der Waals surface area (Å²) >= 11 is 3.38. The van der Waals surface area contributed by atoms with E-state index in [-0.39, 0.29) is 30.3 Å². The number of halogens is 1. The lowest BCUT2D eigenvalue weighted by molar-refractivity contribution is -0.120. The van der Waals surface area contributed by atoms with Crippen molar-refractivity contribution in [3.05, 3.63) is 28.2 Å². The first-order valence-corrected chi connectivity index (χ1v) is 6.64. The fourth-order valence-electron chi connectivity index (χ4n) is 1.99. The molecule has 100 valence electrons. The number of phenols is 1. The molecule has 1 unspecified atom stereocenters. The van der Waals surface area contributed by atoms with E-state index in [1.807, 2.05) is 31.7 Å². The number of rotatable bonds is 5. The third kappa shape index (κ3) is 3.71. The largest absolute Gasteiger partial charge is 0.508 e. The summed E-state index contributed by atoms with van der Waals surface area (Å²) in [5.41, 5.74) is 6.04. The van der Waals surface area contributed by atoms with Crippen LogP contribution in [0.3, 0.4) is 0 Å². The normalized spacial score (nSPS) is 13.0. The Labute approximate surface area is 116 Å². The summed E-state index contributed by atoms with van der Waals surface area (Å²) in [6.45, 7) is 6.11. The van der Waals surface area contributed by atoms with E-state index in [0.717, 1.165) is 10.0 Å². The van der Waals surface area contributed by atoms with Crippen LogP contribution in [0.5, 0.6) is 5.75 Å². The van der Waals surface area contributed by atoms with E-state index in [1.165, 1.54) is 0 Å². The number of aromatic hydroxyl groups is 1. The molecule has 18 heavy (non-hydrogen) atoms. The average Bonchev–Trinajstić information content (AvgIpc) is 2.27. The van der Waals surface area contributed by atoms with Crippen molar-refractivity contribution in [2.75, 3.05) is 6.54 Å². The van der Waals surface area contributed by atoms with E-state index in [2.05, 4.69) is 15.9 Å². The molecule has 3 N–H and O–H groups in total. The number of carbonyl (C=O) groups is 1. The standard InChI is InChI=1S/C13H19BrN2O2/c1-8(2)16(7-13(15)18)9(3)11-6-10(14)4-5-12(11)17/h4-6,8-9,17H,7H2,1-3H3,(H2,15,18). The molecular weight excluding hydrogens is 296 g/mol. The van der Waals surface area contributed by atoms with Crippen molar-refractivity contribution in [2.45, 2.75) is 32.9 Å². The van der Waals surface area contributed by atoms with Crippen LogP contribution in [0.15, 0.2) is 22.7 Å². The maximum Gasteiger partial charge on any atom is 0.231 e. The van der Waals surface area contributed by atoms with Gasteiger partial charge in [-0.2, -0.15) is 0 Å². The second-order valence-electron chi connectivity index (χ2n) is 4.61. The molecule has 0 radical (unpaired) electrons. The number of phenolic OH excluding ortho intramolecular Hbond substituents is 1. The minimum atomic E-state index is -0.370. The van der Waals surface area contributed by atoms with E-state index in [0.29, 0.717) is 0 Å². The van der Waals surface area contributed by atoms with Gasteiger partial charge >= 0.3 is 0 Å². The Morgan fingerprint density at radius 1 is 1.44 bits per heavy atom. The van der Waals surface area contributed by atoms with Gasteiger partial charge in [0, 0.05) is 22.1 Å². The summed E-state index contributed by atoms with van der Waals surface area (Å²) in [5.74, 6) is -0.147. The zero-order chi connectivity index (χ0) is 13.9. The van der Waals surface area contributed by atoms with Crippen molar-refractivity contribution in [1.29, 1.82) is 0 Å². The van der Waals surface area contributed by atoms with E-state index >= 15 is 0 Å². The second kappa shape index (κ2) is 6.20. The van der Waals surface area contributed by atoms with Crippen molar-refractivity contribution in [2.24, 2.45) is 5.73 Å². The van der Waals surface area contributed by atoms with E-state index in [9.17, 15) is 9.90 Å². The van der Waals surface area contributed by atoms with Crippen LogP contribution in [0.4, 0.5) is 0 Å². The number of hydrogen-bond acceptors (Lipinski definition) is 3. The van der Waals surface area contributed by atoms with E-state index in [4.69, 9.17) is 5.73 Å². The molecule has 4 nitrogen and oxygen atoms in total. The summed E-state index contributed by atoms with van der Waals surface area (Å²) in [5, 5.41) is 9.91. The van der Waals surface area contributed by atoms with Gasteiger partial charge < -0.3 is 10.8 Å².